The highest BCUT2D eigenvalue weighted by Gasteiger charge is 2.34. The molecule has 0 saturated carbocycles. The van der Waals surface area contributed by atoms with Gasteiger partial charge in [0, 0.05) is 22.8 Å². The molecule has 4 aromatic rings. The van der Waals surface area contributed by atoms with Crippen LogP contribution >= 0.6 is 0 Å². The second-order valence-corrected chi connectivity index (χ2v) is 7.40. The van der Waals surface area contributed by atoms with Crippen molar-refractivity contribution in [3.8, 4) is 16.9 Å². The quantitative estimate of drug-likeness (QED) is 0.484. The van der Waals surface area contributed by atoms with Crippen molar-refractivity contribution in [3.63, 3.8) is 0 Å². The second kappa shape index (κ2) is 6.98. The first-order valence-electron chi connectivity index (χ1n) is 9.79. The van der Waals surface area contributed by atoms with Crippen LogP contribution in [-0.4, -0.2) is 34.6 Å². The largest absolute Gasteiger partial charge is 0.497 e. The summed E-state index contributed by atoms with van der Waals surface area (Å²) in [6.45, 7) is 0.226. The van der Waals surface area contributed by atoms with E-state index in [9.17, 15) is 19.5 Å². The van der Waals surface area contributed by atoms with Crippen LogP contribution in [0.4, 0.5) is 0 Å². The molecule has 7 heteroatoms. The number of imide groups is 1. The summed E-state index contributed by atoms with van der Waals surface area (Å²) in [4.78, 5) is 36.9. The molecule has 7 nitrogen and oxygen atoms in total. The van der Waals surface area contributed by atoms with Crippen LogP contribution in [0, 0.1) is 0 Å². The van der Waals surface area contributed by atoms with Gasteiger partial charge >= 0.3 is 5.97 Å². The van der Waals surface area contributed by atoms with Crippen LogP contribution in [-0.2, 0) is 11.3 Å². The minimum absolute atomic E-state index is 0.0756. The van der Waals surface area contributed by atoms with Crippen molar-refractivity contribution in [2.75, 3.05) is 7.11 Å². The van der Waals surface area contributed by atoms with Gasteiger partial charge < -0.3 is 14.4 Å². The molecule has 0 aliphatic carbocycles. The van der Waals surface area contributed by atoms with Gasteiger partial charge in [0.2, 0.25) is 0 Å². The molecule has 0 spiro atoms. The van der Waals surface area contributed by atoms with E-state index in [1.165, 1.54) is 0 Å². The van der Waals surface area contributed by atoms with E-state index in [0.717, 1.165) is 16.5 Å². The Kier molecular flexibility index (Phi) is 4.25. The van der Waals surface area contributed by atoms with Crippen molar-refractivity contribution in [1.82, 2.24) is 9.88 Å². The fraction of sp³-hybridized carbons (Fsp3) is 0.125. The third kappa shape index (κ3) is 2.85. The third-order valence-corrected chi connectivity index (χ3v) is 5.68. The molecule has 0 radical (unpaired) electrons. The first-order valence-corrected chi connectivity index (χ1v) is 9.79. The fourth-order valence-electron chi connectivity index (χ4n) is 4.35. The number of benzene rings is 3. The van der Waals surface area contributed by atoms with Crippen LogP contribution < -0.4 is 10.1 Å². The zero-order valence-corrected chi connectivity index (χ0v) is 16.6. The smallest absolute Gasteiger partial charge is 0.305 e. The standard InChI is InChI=1S/C24H18N2O5/c1-31-14-7-8-17-16(11-14)20-18(26(17)10-9-19(27)28)12-15(13-5-3-2-4-6-13)21-22(20)24(30)25-23(21)29/h2-8,11-12H,9-10H2,1H3,(H,27,28)(H,25,29,30). The van der Waals surface area contributed by atoms with Gasteiger partial charge in [-0.1, -0.05) is 30.3 Å². The number of aromatic nitrogens is 1. The Balaban J connectivity index is 1.94. The van der Waals surface area contributed by atoms with E-state index in [2.05, 4.69) is 5.32 Å². The molecule has 0 saturated heterocycles. The number of carbonyl (C=O) groups is 3. The maximum Gasteiger partial charge on any atom is 0.305 e. The number of methoxy groups -OCH3 is 1. The van der Waals surface area contributed by atoms with Crippen molar-refractivity contribution in [1.29, 1.82) is 0 Å². The number of rotatable bonds is 5. The highest BCUT2D eigenvalue weighted by Crippen LogP contribution is 2.41. The Hall–Kier alpha value is -4.13. The Morgan fingerprint density at radius 1 is 1.00 bits per heavy atom. The number of nitrogens with one attached hydrogen (secondary N) is 1. The van der Waals surface area contributed by atoms with Crippen LogP contribution in [0.2, 0.25) is 0 Å². The fourth-order valence-corrected chi connectivity index (χ4v) is 4.35. The van der Waals surface area contributed by atoms with Gasteiger partial charge in [-0.2, -0.15) is 0 Å². The average molecular weight is 414 g/mol. The van der Waals surface area contributed by atoms with Gasteiger partial charge in [-0.3, -0.25) is 19.7 Å². The molecule has 2 heterocycles. The summed E-state index contributed by atoms with van der Waals surface area (Å²) in [6, 6.07) is 16.7. The monoisotopic (exact) mass is 414 g/mol. The summed E-state index contributed by atoms with van der Waals surface area (Å²) in [5.74, 6) is -1.20. The number of nitrogens with zero attached hydrogens (tertiary/aromatic N) is 1. The van der Waals surface area contributed by atoms with Gasteiger partial charge in [0.05, 0.1) is 30.2 Å². The molecule has 0 fully saturated rings. The Morgan fingerprint density at radius 3 is 2.45 bits per heavy atom. The Bertz CT molecular complexity index is 1400. The topological polar surface area (TPSA) is 97.6 Å². The number of hydrogen-bond acceptors (Lipinski definition) is 4. The molecule has 1 aliphatic rings. The molecule has 2 N–H and O–H groups in total. The number of hydrogen-bond donors (Lipinski definition) is 2. The molecule has 1 aromatic heterocycles. The number of ether oxygens (including phenoxy) is 1. The van der Waals surface area contributed by atoms with Gasteiger partial charge in [0.25, 0.3) is 11.8 Å². The maximum absolute atomic E-state index is 12.9. The van der Waals surface area contributed by atoms with Crippen molar-refractivity contribution in [2.24, 2.45) is 0 Å². The summed E-state index contributed by atoms with van der Waals surface area (Å²) < 4.78 is 7.26. The molecular weight excluding hydrogens is 396 g/mol. The predicted octanol–water partition coefficient (Wildman–Crippen LogP) is 3.83. The predicted molar refractivity (Wildman–Crippen MR) is 115 cm³/mol. The van der Waals surface area contributed by atoms with E-state index in [0.29, 0.717) is 33.3 Å². The molecule has 154 valence electrons. The van der Waals surface area contributed by atoms with Gasteiger partial charge in [0.1, 0.15) is 5.75 Å². The lowest BCUT2D eigenvalue weighted by atomic mass is 9.93. The molecular formula is C24H18N2O5. The van der Waals surface area contributed by atoms with E-state index in [-0.39, 0.29) is 13.0 Å². The lowest BCUT2D eigenvalue weighted by molar-refractivity contribution is -0.137. The van der Waals surface area contributed by atoms with Crippen molar-refractivity contribution >= 4 is 39.6 Å². The normalized spacial score (nSPS) is 12.9. The van der Waals surface area contributed by atoms with E-state index in [4.69, 9.17) is 4.74 Å². The zero-order valence-electron chi connectivity index (χ0n) is 16.6. The number of amides is 2. The summed E-state index contributed by atoms with van der Waals surface area (Å²) in [7, 11) is 1.55. The molecule has 5 rings (SSSR count). The average Bonchev–Trinajstić information content (AvgIpc) is 3.25. The lowest BCUT2D eigenvalue weighted by Gasteiger charge is -2.11. The second-order valence-electron chi connectivity index (χ2n) is 7.40. The van der Waals surface area contributed by atoms with Gasteiger partial charge in [-0.25, -0.2) is 0 Å². The Morgan fingerprint density at radius 2 is 1.74 bits per heavy atom. The first kappa shape index (κ1) is 18.9. The van der Waals surface area contributed by atoms with Crippen LogP contribution in [0.15, 0.2) is 54.6 Å². The highest BCUT2D eigenvalue weighted by atomic mass is 16.5. The van der Waals surface area contributed by atoms with E-state index < -0.39 is 17.8 Å². The van der Waals surface area contributed by atoms with E-state index >= 15 is 0 Å². The molecule has 3 aromatic carbocycles. The number of aryl methyl sites for hydroxylation is 1. The number of carboxylic acid groups (broad SMARTS) is 1. The molecule has 0 atom stereocenters. The lowest BCUT2D eigenvalue weighted by Crippen LogP contribution is -2.20. The van der Waals surface area contributed by atoms with Crippen LogP contribution in [0.5, 0.6) is 5.75 Å². The van der Waals surface area contributed by atoms with Crippen LogP contribution in [0.3, 0.4) is 0 Å². The summed E-state index contributed by atoms with van der Waals surface area (Å²) in [5.41, 5.74) is 3.57. The number of aliphatic carboxylic acids is 1. The van der Waals surface area contributed by atoms with Crippen molar-refractivity contribution < 1.29 is 24.2 Å². The van der Waals surface area contributed by atoms with Gasteiger partial charge in [-0.05, 0) is 35.4 Å². The number of carboxylic acids is 1. The summed E-state index contributed by atoms with van der Waals surface area (Å²) >= 11 is 0. The molecule has 2 amide bonds. The number of carbonyl (C=O) groups excluding carboxylic acids is 2. The molecule has 1 aliphatic heterocycles. The SMILES string of the molecule is COc1ccc2c(c1)c1c3c(c(-c4ccccc4)cc1n2CCC(=O)O)C(=O)NC3=O. The van der Waals surface area contributed by atoms with Crippen LogP contribution in [0.25, 0.3) is 32.9 Å². The minimum atomic E-state index is -0.916. The minimum Gasteiger partial charge on any atom is -0.497 e. The zero-order chi connectivity index (χ0) is 21.7. The van der Waals surface area contributed by atoms with E-state index in [1.807, 2.05) is 53.1 Å². The van der Waals surface area contributed by atoms with Gasteiger partial charge in [0.15, 0.2) is 0 Å². The van der Waals surface area contributed by atoms with Crippen LogP contribution in [0.1, 0.15) is 27.1 Å². The summed E-state index contributed by atoms with van der Waals surface area (Å²) in [6.07, 6.45) is -0.0756. The molecule has 0 unspecified atom stereocenters. The highest BCUT2D eigenvalue weighted by molar-refractivity contribution is 6.32. The van der Waals surface area contributed by atoms with Crippen molar-refractivity contribution in [3.05, 3.63) is 65.7 Å². The summed E-state index contributed by atoms with van der Waals surface area (Å²) in [5, 5.41) is 13.0. The molecule has 0 bridgehead atoms. The van der Waals surface area contributed by atoms with Gasteiger partial charge in [-0.15, -0.1) is 0 Å². The first-order chi connectivity index (χ1) is 15.0. The molecule has 31 heavy (non-hydrogen) atoms. The third-order valence-electron chi connectivity index (χ3n) is 5.68. The van der Waals surface area contributed by atoms with E-state index in [1.54, 1.807) is 13.2 Å². The van der Waals surface area contributed by atoms with Crippen molar-refractivity contribution in [2.45, 2.75) is 13.0 Å². The Labute approximate surface area is 176 Å². The number of fused-ring (bicyclic) bond motifs is 5. The maximum atomic E-state index is 12.9.